The van der Waals surface area contributed by atoms with Gasteiger partial charge < -0.3 is 5.11 Å². The minimum Gasteiger partial charge on any atom is -0.481 e. The molecule has 1 atom stereocenters. The average molecular weight is 221 g/mol. The van der Waals surface area contributed by atoms with E-state index < -0.39 is 16.0 Å². The van der Waals surface area contributed by atoms with E-state index in [1.807, 2.05) is 0 Å². The summed E-state index contributed by atoms with van der Waals surface area (Å²) in [6.07, 6.45) is 0.675. The molecule has 1 saturated heterocycles. The van der Waals surface area contributed by atoms with Crippen molar-refractivity contribution in [1.29, 1.82) is 0 Å². The first-order chi connectivity index (χ1) is 6.42. The van der Waals surface area contributed by atoms with Crippen LogP contribution in [0, 0.1) is 5.92 Å². The summed E-state index contributed by atoms with van der Waals surface area (Å²) in [6.45, 7) is 2.61. The van der Waals surface area contributed by atoms with Crippen LogP contribution in [0.25, 0.3) is 0 Å². The fraction of sp³-hybridized carbons (Fsp3) is 0.875. The van der Waals surface area contributed by atoms with Gasteiger partial charge in [0.2, 0.25) is 10.0 Å². The van der Waals surface area contributed by atoms with Gasteiger partial charge in [0.15, 0.2) is 0 Å². The number of carboxylic acid groups (broad SMARTS) is 1. The fourth-order valence-electron chi connectivity index (χ4n) is 1.61. The third-order valence-electron chi connectivity index (χ3n) is 2.24. The number of sulfonamides is 1. The largest absolute Gasteiger partial charge is 0.481 e. The molecule has 0 aromatic carbocycles. The third kappa shape index (κ3) is 2.95. The van der Waals surface area contributed by atoms with Crippen molar-refractivity contribution in [2.75, 3.05) is 18.8 Å². The highest BCUT2D eigenvalue weighted by atomic mass is 32.2. The first kappa shape index (κ1) is 11.5. The predicted octanol–water partition coefficient (Wildman–Crippen LogP) is 0.133. The molecule has 0 aliphatic carbocycles. The summed E-state index contributed by atoms with van der Waals surface area (Å²) in [5.41, 5.74) is 0. The molecule has 1 fully saturated rings. The molecule has 1 N–H and O–H groups in total. The zero-order valence-electron chi connectivity index (χ0n) is 8.14. The van der Waals surface area contributed by atoms with Crippen molar-refractivity contribution in [1.82, 2.24) is 4.31 Å². The molecular weight excluding hydrogens is 206 g/mol. The Balaban J connectivity index is 2.48. The quantitative estimate of drug-likeness (QED) is 0.732. The summed E-state index contributed by atoms with van der Waals surface area (Å²) in [5.74, 6) is -0.804. The fourth-order valence-corrected chi connectivity index (χ4v) is 3.25. The van der Waals surface area contributed by atoms with E-state index in [1.54, 1.807) is 6.92 Å². The zero-order valence-corrected chi connectivity index (χ0v) is 8.96. The number of hydrogen-bond acceptors (Lipinski definition) is 3. The van der Waals surface area contributed by atoms with Crippen LogP contribution in [0.4, 0.5) is 0 Å². The molecular formula is C8H15NO4S. The minimum atomic E-state index is -3.08. The molecule has 0 radical (unpaired) electrons. The van der Waals surface area contributed by atoms with Gasteiger partial charge in [0.05, 0.1) is 5.75 Å². The molecule has 0 aromatic rings. The molecule has 1 aliphatic heterocycles. The standard InChI is InChI=1S/C8H15NO4S/c1-7(5-8(10)11)6-9-3-2-4-14(9,12)13/h7H,2-6H2,1H3,(H,10,11). The van der Waals surface area contributed by atoms with Gasteiger partial charge >= 0.3 is 5.97 Å². The molecule has 14 heavy (non-hydrogen) atoms. The molecule has 1 unspecified atom stereocenters. The van der Waals surface area contributed by atoms with Gasteiger partial charge in [-0.1, -0.05) is 6.92 Å². The van der Waals surface area contributed by atoms with E-state index in [2.05, 4.69) is 0 Å². The Morgan fingerprint density at radius 1 is 1.57 bits per heavy atom. The van der Waals surface area contributed by atoms with E-state index in [0.29, 0.717) is 19.5 Å². The Bertz CT molecular complexity index is 311. The lowest BCUT2D eigenvalue weighted by atomic mass is 10.1. The zero-order chi connectivity index (χ0) is 10.8. The lowest BCUT2D eigenvalue weighted by Gasteiger charge is -2.17. The highest BCUT2D eigenvalue weighted by Crippen LogP contribution is 2.16. The second-order valence-corrected chi connectivity index (χ2v) is 5.82. The van der Waals surface area contributed by atoms with Crippen molar-refractivity contribution in [3.05, 3.63) is 0 Å². The summed E-state index contributed by atoms with van der Waals surface area (Å²) in [6, 6.07) is 0. The number of carboxylic acids is 1. The van der Waals surface area contributed by atoms with Crippen molar-refractivity contribution in [2.24, 2.45) is 5.92 Å². The molecule has 0 amide bonds. The van der Waals surface area contributed by atoms with Gasteiger partial charge in [-0.3, -0.25) is 4.79 Å². The van der Waals surface area contributed by atoms with E-state index in [4.69, 9.17) is 5.11 Å². The molecule has 82 valence electrons. The lowest BCUT2D eigenvalue weighted by molar-refractivity contribution is -0.138. The van der Waals surface area contributed by atoms with Crippen LogP contribution in [0.1, 0.15) is 19.8 Å². The monoisotopic (exact) mass is 221 g/mol. The molecule has 0 bridgehead atoms. The third-order valence-corrected chi connectivity index (χ3v) is 4.16. The van der Waals surface area contributed by atoms with E-state index >= 15 is 0 Å². The van der Waals surface area contributed by atoms with Crippen molar-refractivity contribution in [3.63, 3.8) is 0 Å². The van der Waals surface area contributed by atoms with Gasteiger partial charge in [0.1, 0.15) is 0 Å². The molecule has 5 nitrogen and oxygen atoms in total. The molecule has 1 heterocycles. The van der Waals surface area contributed by atoms with Gasteiger partial charge in [0, 0.05) is 19.5 Å². The van der Waals surface area contributed by atoms with Crippen LogP contribution in [0.5, 0.6) is 0 Å². The second-order valence-electron chi connectivity index (χ2n) is 3.73. The Morgan fingerprint density at radius 3 is 2.64 bits per heavy atom. The van der Waals surface area contributed by atoms with Crippen LogP contribution in [0.2, 0.25) is 0 Å². The summed E-state index contributed by atoms with van der Waals surface area (Å²) in [5, 5.41) is 8.52. The smallest absolute Gasteiger partial charge is 0.303 e. The number of nitrogens with zero attached hydrogens (tertiary/aromatic N) is 1. The first-order valence-electron chi connectivity index (χ1n) is 4.61. The van der Waals surface area contributed by atoms with Crippen LogP contribution in [-0.2, 0) is 14.8 Å². The maximum atomic E-state index is 11.4. The normalized spacial score (nSPS) is 23.5. The summed E-state index contributed by atoms with van der Waals surface area (Å²) in [7, 11) is -3.08. The Hall–Kier alpha value is -0.620. The van der Waals surface area contributed by atoms with E-state index in [-0.39, 0.29) is 18.1 Å². The number of rotatable bonds is 4. The van der Waals surface area contributed by atoms with E-state index in [0.717, 1.165) is 0 Å². The number of aliphatic carboxylic acids is 1. The van der Waals surface area contributed by atoms with Crippen LogP contribution < -0.4 is 0 Å². The number of carbonyl (C=O) groups is 1. The molecule has 1 aliphatic rings. The first-order valence-corrected chi connectivity index (χ1v) is 6.22. The Morgan fingerprint density at radius 2 is 2.21 bits per heavy atom. The average Bonchev–Trinajstić information content (AvgIpc) is 2.29. The molecule has 0 saturated carbocycles. The molecule has 6 heteroatoms. The minimum absolute atomic E-state index is 0.0199. The summed E-state index contributed by atoms with van der Waals surface area (Å²) < 4.78 is 24.1. The Kier molecular flexibility index (Phi) is 3.49. The van der Waals surface area contributed by atoms with Gasteiger partial charge in [-0.2, -0.15) is 0 Å². The van der Waals surface area contributed by atoms with E-state index in [9.17, 15) is 13.2 Å². The van der Waals surface area contributed by atoms with Gasteiger partial charge in [0.25, 0.3) is 0 Å². The SMILES string of the molecule is CC(CC(=O)O)CN1CCCS1(=O)=O. The predicted molar refractivity (Wildman–Crippen MR) is 51.4 cm³/mol. The van der Waals surface area contributed by atoms with E-state index in [1.165, 1.54) is 4.31 Å². The number of hydrogen-bond donors (Lipinski definition) is 1. The van der Waals surface area contributed by atoms with Crippen LogP contribution in [0.3, 0.4) is 0 Å². The maximum absolute atomic E-state index is 11.4. The summed E-state index contributed by atoms with van der Waals surface area (Å²) >= 11 is 0. The highest BCUT2D eigenvalue weighted by molar-refractivity contribution is 7.89. The molecule has 1 rings (SSSR count). The molecule has 0 aromatic heterocycles. The van der Waals surface area contributed by atoms with Crippen LogP contribution >= 0.6 is 0 Å². The highest BCUT2D eigenvalue weighted by Gasteiger charge is 2.29. The van der Waals surface area contributed by atoms with Crippen LogP contribution in [-0.4, -0.2) is 42.6 Å². The van der Waals surface area contributed by atoms with Crippen molar-refractivity contribution in [3.8, 4) is 0 Å². The summed E-state index contributed by atoms with van der Waals surface area (Å²) in [4.78, 5) is 10.4. The van der Waals surface area contributed by atoms with Crippen LogP contribution in [0.15, 0.2) is 0 Å². The van der Waals surface area contributed by atoms with Gasteiger partial charge in [-0.15, -0.1) is 0 Å². The second kappa shape index (κ2) is 4.27. The van der Waals surface area contributed by atoms with Crippen molar-refractivity contribution >= 4 is 16.0 Å². The lowest BCUT2D eigenvalue weighted by Crippen LogP contribution is -2.31. The van der Waals surface area contributed by atoms with Gasteiger partial charge in [-0.25, -0.2) is 12.7 Å². The van der Waals surface area contributed by atoms with Crippen molar-refractivity contribution in [2.45, 2.75) is 19.8 Å². The molecule has 0 spiro atoms. The van der Waals surface area contributed by atoms with Gasteiger partial charge in [-0.05, 0) is 12.3 Å². The topological polar surface area (TPSA) is 74.7 Å². The maximum Gasteiger partial charge on any atom is 0.303 e. The van der Waals surface area contributed by atoms with Crippen molar-refractivity contribution < 1.29 is 18.3 Å². The Labute approximate surface area is 83.8 Å².